The topological polar surface area (TPSA) is 58.4 Å². The molecule has 1 atom stereocenters. The lowest BCUT2D eigenvalue weighted by molar-refractivity contribution is 0.250. The maximum Gasteiger partial charge on any atom is 0.322 e. The van der Waals surface area contributed by atoms with Gasteiger partial charge in [-0.15, -0.1) is 0 Å². The molecule has 4 nitrogen and oxygen atoms in total. The van der Waals surface area contributed by atoms with E-state index in [-0.39, 0.29) is 12.1 Å². The first-order valence-corrected chi connectivity index (χ1v) is 5.55. The van der Waals surface area contributed by atoms with Gasteiger partial charge in [-0.25, -0.2) is 4.79 Å². The van der Waals surface area contributed by atoms with Crippen LogP contribution in [0.2, 0.25) is 0 Å². The molecule has 0 bridgehead atoms. The first-order valence-electron chi connectivity index (χ1n) is 5.55. The molecule has 0 aromatic heterocycles. The van der Waals surface area contributed by atoms with Crippen LogP contribution in [0.4, 0.5) is 10.5 Å². The lowest BCUT2D eigenvalue weighted by Gasteiger charge is -2.15. The number of hydrogen-bond acceptors (Lipinski definition) is 2. The zero-order valence-electron chi connectivity index (χ0n) is 9.44. The van der Waals surface area contributed by atoms with Gasteiger partial charge in [0.05, 0.1) is 0 Å². The number of amides is 2. The summed E-state index contributed by atoms with van der Waals surface area (Å²) in [5, 5.41) is 2.93. The average molecular weight is 219 g/mol. The fourth-order valence-corrected chi connectivity index (χ4v) is 1.98. The minimum absolute atomic E-state index is 0.0240. The normalized spacial score (nSPS) is 20.0. The first kappa shape index (κ1) is 11.0. The molecule has 2 rings (SSSR count). The summed E-state index contributed by atoms with van der Waals surface area (Å²) in [7, 11) is 0. The van der Waals surface area contributed by atoms with Gasteiger partial charge in [0.15, 0.2) is 0 Å². The molecule has 0 radical (unpaired) electrons. The zero-order valence-corrected chi connectivity index (χ0v) is 9.44. The molecule has 1 aromatic carbocycles. The van der Waals surface area contributed by atoms with Gasteiger partial charge in [-0.1, -0.05) is 12.1 Å². The smallest absolute Gasteiger partial charge is 0.322 e. The number of urea groups is 1. The number of nitrogens with two attached hydrogens (primary N) is 1. The molecule has 1 heterocycles. The fraction of sp³-hybridized carbons (Fsp3) is 0.417. The number of carbonyl (C=O) groups is 1. The maximum atomic E-state index is 11.7. The van der Waals surface area contributed by atoms with Crippen LogP contribution in [0, 0.1) is 6.92 Å². The average Bonchev–Trinajstić information content (AvgIpc) is 2.60. The molecule has 16 heavy (non-hydrogen) atoms. The van der Waals surface area contributed by atoms with Crippen molar-refractivity contribution in [1.82, 2.24) is 5.32 Å². The second kappa shape index (κ2) is 4.53. The van der Waals surface area contributed by atoms with Crippen LogP contribution in [0.15, 0.2) is 24.3 Å². The van der Waals surface area contributed by atoms with Crippen molar-refractivity contribution >= 4 is 11.7 Å². The molecular weight excluding hydrogens is 202 g/mol. The van der Waals surface area contributed by atoms with Crippen LogP contribution < -0.4 is 16.0 Å². The summed E-state index contributed by atoms with van der Waals surface area (Å²) in [5.41, 5.74) is 7.61. The molecule has 1 aliphatic heterocycles. The second-order valence-electron chi connectivity index (χ2n) is 4.17. The van der Waals surface area contributed by atoms with E-state index < -0.39 is 0 Å². The van der Waals surface area contributed by atoms with Gasteiger partial charge >= 0.3 is 6.03 Å². The van der Waals surface area contributed by atoms with E-state index in [9.17, 15) is 4.79 Å². The maximum absolute atomic E-state index is 11.7. The van der Waals surface area contributed by atoms with Crippen molar-refractivity contribution in [2.24, 2.45) is 5.73 Å². The van der Waals surface area contributed by atoms with Crippen LogP contribution in [0.25, 0.3) is 0 Å². The Morgan fingerprint density at radius 1 is 1.56 bits per heavy atom. The van der Waals surface area contributed by atoms with E-state index in [1.807, 2.05) is 31.2 Å². The van der Waals surface area contributed by atoms with Crippen LogP contribution in [0.5, 0.6) is 0 Å². The van der Waals surface area contributed by atoms with Gasteiger partial charge in [0.2, 0.25) is 0 Å². The van der Waals surface area contributed by atoms with Gasteiger partial charge in [0.25, 0.3) is 0 Å². The van der Waals surface area contributed by atoms with Crippen molar-refractivity contribution in [3.8, 4) is 0 Å². The highest BCUT2D eigenvalue weighted by molar-refractivity contribution is 5.94. The van der Waals surface area contributed by atoms with Crippen molar-refractivity contribution < 1.29 is 4.79 Å². The standard InChI is InChI=1S/C12H17N3O/c1-9-3-2-4-11(7-9)15-8-10(5-6-13)14-12(15)16/h2-4,7,10H,5-6,8,13H2,1H3,(H,14,16). The summed E-state index contributed by atoms with van der Waals surface area (Å²) in [6.45, 7) is 3.33. The highest BCUT2D eigenvalue weighted by Gasteiger charge is 2.28. The third-order valence-corrected chi connectivity index (χ3v) is 2.80. The predicted molar refractivity (Wildman–Crippen MR) is 64.5 cm³/mol. The predicted octanol–water partition coefficient (Wildman–Crippen LogP) is 1.24. The Bertz CT molecular complexity index is 392. The van der Waals surface area contributed by atoms with E-state index in [1.54, 1.807) is 4.90 Å². The van der Waals surface area contributed by atoms with Crippen molar-refractivity contribution in [2.45, 2.75) is 19.4 Å². The minimum Gasteiger partial charge on any atom is -0.333 e. The Morgan fingerprint density at radius 2 is 2.38 bits per heavy atom. The van der Waals surface area contributed by atoms with E-state index in [0.29, 0.717) is 13.1 Å². The summed E-state index contributed by atoms with van der Waals surface area (Å²) in [4.78, 5) is 13.5. The van der Waals surface area contributed by atoms with E-state index in [0.717, 1.165) is 17.7 Å². The molecule has 1 unspecified atom stereocenters. The molecule has 0 saturated carbocycles. The first-order chi connectivity index (χ1) is 7.70. The van der Waals surface area contributed by atoms with E-state index in [2.05, 4.69) is 5.32 Å². The Hall–Kier alpha value is -1.55. The van der Waals surface area contributed by atoms with Crippen molar-refractivity contribution in [1.29, 1.82) is 0 Å². The van der Waals surface area contributed by atoms with Gasteiger partial charge in [0.1, 0.15) is 0 Å². The highest BCUT2D eigenvalue weighted by Crippen LogP contribution is 2.20. The van der Waals surface area contributed by atoms with E-state index >= 15 is 0 Å². The van der Waals surface area contributed by atoms with Gasteiger partial charge in [-0.2, -0.15) is 0 Å². The van der Waals surface area contributed by atoms with Gasteiger partial charge in [-0.05, 0) is 37.6 Å². The number of benzene rings is 1. The monoisotopic (exact) mass is 219 g/mol. The largest absolute Gasteiger partial charge is 0.333 e. The quantitative estimate of drug-likeness (QED) is 0.803. The number of nitrogens with zero attached hydrogens (tertiary/aromatic N) is 1. The molecule has 1 fully saturated rings. The van der Waals surface area contributed by atoms with Gasteiger partial charge < -0.3 is 11.1 Å². The third-order valence-electron chi connectivity index (χ3n) is 2.80. The molecule has 2 amide bonds. The Labute approximate surface area is 95.4 Å². The summed E-state index contributed by atoms with van der Waals surface area (Å²) < 4.78 is 0. The molecular formula is C12H17N3O. The zero-order chi connectivity index (χ0) is 11.5. The number of anilines is 1. The molecule has 0 spiro atoms. The van der Waals surface area contributed by atoms with Crippen LogP contribution in [0.1, 0.15) is 12.0 Å². The SMILES string of the molecule is Cc1cccc(N2CC(CCN)NC2=O)c1. The molecule has 3 N–H and O–H groups in total. The fourth-order valence-electron chi connectivity index (χ4n) is 1.98. The molecule has 1 aliphatic rings. The number of rotatable bonds is 3. The number of hydrogen-bond donors (Lipinski definition) is 2. The summed E-state index contributed by atoms with van der Waals surface area (Å²) in [6, 6.07) is 8.12. The van der Waals surface area contributed by atoms with Crippen LogP contribution in [-0.4, -0.2) is 25.2 Å². The lowest BCUT2D eigenvalue weighted by Crippen LogP contribution is -2.29. The highest BCUT2D eigenvalue weighted by atomic mass is 16.2. The Balaban J connectivity index is 2.13. The van der Waals surface area contributed by atoms with Gasteiger partial charge in [-0.3, -0.25) is 4.90 Å². The third kappa shape index (κ3) is 2.17. The Morgan fingerprint density at radius 3 is 3.06 bits per heavy atom. The molecule has 1 aromatic rings. The number of nitrogens with one attached hydrogen (secondary N) is 1. The van der Waals surface area contributed by atoms with E-state index in [4.69, 9.17) is 5.73 Å². The van der Waals surface area contributed by atoms with Crippen LogP contribution in [-0.2, 0) is 0 Å². The molecule has 4 heteroatoms. The molecule has 1 saturated heterocycles. The summed E-state index contributed by atoms with van der Waals surface area (Å²) in [6.07, 6.45) is 0.827. The molecule has 0 aliphatic carbocycles. The van der Waals surface area contributed by atoms with Crippen molar-refractivity contribution in [2.75, 3.05) is 18.0 Å². The van der Waals surface area contributed by atoms with Gasteiger partial charge in [0, 0.05) is 18.3 Å². The Kier molecular flexibility index (Phi) is 3.10. The summed E-state index contributed by atoms with van der Waals surface area (Å²) in [5.74, 6) is 0. The van der Waals surface area contributed by atoms with E-state index in [1.165, 1.54) is 0 Å². The van der Waals surface area contributed by atoms with Crippen LogP contribution in [0.3, 0.4) is 0 Å². The number of aryl methyl sites for hydroxylation is 1. The van der Waals surface area contributed by atoms with Crippen molar-refractivity contribution in [3.63, 3.8) is 0 Å². The molecule has 86 valence electrons. The number of carbonyl (C=O) groups excluding carboxylic acids is 1. The minimum atomic E-state index is -0.0240. The van der Waals surface area contributed by atoms with Crippen LogP contribution >= 0.6 is 0 Å². The second-order valence-corrected chi connectivity index (χ2v) is 4.17. The van der Waals surface area contributed by atoms with Crippen molar-refractivity contribution in [3.05, 3.63) is 29.8 Å². The summed E-state index contributed by atoms with van der Waals surface area (Å²) >= 11 is 0. The lowest BCUT2D eigenvalue weighted by atomic mass is 10.2.